The first-order valence-corrected chi connectivity index (χ1v) is 5.20. The summed E-state index contributed by atoms with van der Waals surface area (Å²) in [7, 11) is 1.77. The number of aliphatic hydroxyl groups excluding tert-OH is 1. The van der Waals surface area contributed by atoms with Crippen molar-refractivity contribution in [3.63, 3.8) is 0 Å². The van der Waals surface area contributed by atoms with Crippen LogP contribution in [0.5, 0.6) is 0 Å². The first-order valence-electron chi connectivity index (χ1n) is 5.20. The van der Waals surface area contributed by atoms with Gasteiger partial charge in [0.15, 0.2) is 0 Å². The van der Waals surface area contributed by atoms with Crippen LogP contribution in [0.1, 0.15) is 32.6 Å². The van der Waals surface area contributed by atoms with Crippen LogP contribution in [0.3, 0.4) is 0 Å². The number of hydrogen-bond acceptors (Lipinski definition) is 3. The van der Waals surface area contributed by atoms with E-state index in [0.717, 1.165) is 25.8 Å². The second-order valence-corrected chi connectivity index (χ2v) is 3.84. The summed E-state index contributed by atoms with van der Waals surface area (Å²) < 4.78 is 5.27. The Kier molecular flexibility index (Phi) is 4.70. The molecular formula is C10H21NO2. The molecule has 0 amide bonds. The summed E-state index contributed by atoms with van der Waals surface area (Å²) in [6.07, 6.45) is 4.48. The molecule has 0 radical (unpaired) electrons. The third-order valence-corrected chi connectivity index (χ3v) is 2.83. The van der Waals surface area contributed by atoms with Gasteiger partial charge in [-0.2, -0.15) is 0 Å². The molecule has 0 saturated heterocycles. The zero-order valence-corrected chi connectivity index (χ0v) is 8.62. The van der Waals surface area contributed by atoms with E-state index in [1.807, 2.05) is 6.92 Å². The van der Waals surface area contributed by atoms with Crippen LogP contribution in [-0.4, -0.2) is 37.0 Å². The molecule has 0 aromatic rings. The van der Waals surface area contributed by atoms with Gasteiger partial charge in [0.1, 0.15) is 0 Å². The van der Waals surface area contributed by atoms with Crippen molar-refractivity contribution in [1.82, 2.24) is 5.32 Å². The molecule has 0 aromatic carbocycles. The molecule has 1 rings (SSSR count). The van der Waals surface area contributed by atoms with Gasteiger partial charge in [-0.3, -0.25) is 0 Å². The standard InChI is InChI=1S/C10H21NO2/c1-3-9(12)7-11-8-4-5-10(6-8)13-2/h8-12H,3-7H2,1-2H3. The molecule has 0 heterocycles. The Balaban J connectivity index is 2.10. The molecule has 0 aliphatic heterocycles. The third-order valence-electron chi connectivity index (χ3n) is 2.83. The molecule has 0 spiro atoms. The van der Waals surface area contributed by atoms with Crippen LogP contribution in [0.2, 0.25) is 0 Å². The van der Waals surface area contributed by atoms with E-state index in [-0.39, 0.29) is 6.10 Å². The number of hydrogen-bond donors (Lipinski definition) is 2. The zero-order valence-electron chi connectivity index (χ0n) is 8.62. The Bertz CT molecular complexity index is 141. The highest BCUT2D eigenvalue weighted by Crippen LogP contribution is 2.21. The fourth-order valence-corrected chi connectivity index (χ4v) is 1.79. The molecule has 0 bridgehead atoms. The average Bonchev–Trinajstić information content (AvgIpc) is 2.61. The highest BCUT2D eigenvalue weighted by Gasteiger charge is 2.23. The van der Waals surface area contributed by atoms with Crippen LogP contribution >= 0.6 is 0 Å². The van der Waals surface area contributed by atoms with Crippen molar-refractivity contribution < 1.29 is 9.84 Å². The van der Waals surface area contributed by atoms with E-state index in [9.17, 15) is 5.11 Å². The van der Waals surface area contributed by atoms with Crippen molar-refractivity contribution in [3.05, 3.63) is 0 Å². The van der Waals surface area contributed by atoms with E-state index in [0.29, 0.717) is 12.1 Å². The lowest BCUT2D eigenvalue weighted by atomic mass is 10.2. The van der Waals surface area contributed by atoms with Crippen molar-refractivity contribution >= 4 is 0 Å². The van der Waals surface area contributed by atoms with Crippen LogP contribution in [-0.2, 0) is 4.74 Å². The molecule has 3 atom stereocenters. The van der Waals surface area contributed by atoms with Crippen molar-refractivity contribution in [2.45, 2.75) is 50.9 Å². The summed E-state index contributed by atoms with van der Waals surface area (Å²) in [6, 6.07) is 0.547. The second-order valence-electron chi connectivity index (χ2n) is 3.84. The fraction of sp³-hybridized carbons (Fsp3) is 1.00. The van der Waals surface area contributed by atoms with Crippen molar-refractivity contribution in [1.29, 1.82) is 0 Å². The lowest BCUT2D eigenvalue weighted by molar-refractivity contribution is 0.105. The Hall–Kier alpha value is -0.120. The van der Waals surface area contributed by atoms with Gasteiger partial charge in [-0.05, 0) is 25.7 Å². The van der Waals surface area contributed by atoms with Crippen LogP contribution < -0.4 is 5.32 Å². The summed E-state index contributed by atoms with van der Waals surface area (Å²) in [5, 5.41) is 12.7. The predicted octanol–water partition coefficient (Wildman–Crippen LogP) is 0.914. The number of methoxy groups -OCH3 is 1. The Morgan fingerprint density at radius 3 is 2.85 bits per heavy atom. The molecule has 2 N–H and O–H groups in total. The summed E-state index contributed by atoms with van der Waals surface area (Å²) in [6.45, 7) is 2.72. The number of ether oxygens (including phenoxy) is 1. The van der Waals surface area contributed by atoms with Gasteiger partial charge in [-0.15, -0.1) is 0 Å². The first kappa shape index (κ1) is 11.0. The van der Waals surface area contributed by atoms with E-state index in [1.165, 1.54) is 6.42 Å². The largest absolute Gasteiger partial charge is 0.392 e. The van der Waals surface area contributed by atoms with Gasteiger partial charge in [-0.1, -0.05) is 6.92 Å². The number of nitrogens with one attached hydrogen (secondary N) is 1. The molecule has 3 heteroatoms. The molecule has 1 saturated carbocycles. The summed E-state index contributed by atoms with van der Waals surface area (Å²) in [4.78, 5) is 0. The van der Waals surface area contributed by atoms with Gasteiger partial charge in [0.05, 0.1) is 12.2 Å². The maximum absolute atomic E-state index is 9.35. The van der Waals surface area contributed by atoms with Gasteiger partial charge in [0.2, 0.25) is 0 Å². The highest BCUT2D eigenvalue weighted by molar-refractivity contribution is 4.81. The Morgan fingerprint density at radius 2 is 2.31 bits per heavy atom. The minimum absolute atomic E-state index is 0.193. The topological polar surface area (TPSA) is 41.5 Å². The van der Waals surface area contributed by atoms with Gasteiger partial charge < -0.3 is 15.2 Å². The molecule has 0 aromatic heterocycles. The summed E-state index contributed by atoms with van der Waals surface area (Å²) >= 11 is 0. The first-order chi connectivity index (χ1) is 6.26. The van der Waals surface area contributed by atoms with E-state index in [1.54, 1.807) is 7.11 Å². The van der Waals surface area contributed by atoms with Gasteiger partial charge in [-0.25, -0.2) is 0 Å². The quantitative estimate of drug-likeness (QED) is 0.672. The fourth-order valence-electron chi connectivity index (χ4n) is 1.79. The van der Waals surface area contributed by atoms with E-state index < -0.39 is 0 Å². The predicted molar refractivity (Wildman–Crippen MR) is 52.7 cm³/mol. The van der Waals surface area contributed by atoms with Crippen LogP contribution in [0.25, 0.3) is 0 Å². The molecule has 3 unspecified atom stereocenters. The van der Waals surface area contributed by atoms with Crippen LogP contribution in [0.15, 0.2) is 0 Å². The van der Waals surface area contributed by atoms with E-state index >= 15 is 0 Å². The molecule has 3 nitrogen and oxygen atoms in total. The van der Waals surface area contributed by atoms with Crippen LogP contribution in [0.4, 0.5) is 0 Å². The normalized spacial score (nSPS) is 30.7. The lowest BCUT2D eigenvalue weighted by Crippen LogP contribution is -2.34. The van der Waals surface area contributed by atoms with Crippen LogP contribution in [0, 0.1) is 0 Å². The van der Waals surface area contributed by atoms with Gasteiger partial charge in [0, 0.05) is 19.7 Å². The number of aliphatic hydroxyl groups is 1. The van der Waals surface area contributed by atoms with E-state index in [2.05, 4.69) is 5.32 Å². The Labute approximate surface area is 80.5 Å². The molecule has 78 valence electrons. The van der Waals surface area contributed by atoms with Gasteiger partial charge in [0.25, 0.3) is 0 Å². The SMILES string of the molecule is CCC(O)CNC1CCC(OC)C1. The summed E-state index contributed by atoms with van der Waals surface area (Å²) in [5.74, 6) is 0. The molecule has 13 heavy (non-hydrogen) atoms. The van der Waals surface area contributed by atoms with E-state index in [4.69, 9.17) is 4.74 Å². The minimum Gasteiger partial charge on any atom is -0.392 e. The summed E-state index contributed by atoms with van der Waals surface area (Å²) in [5.41, 5.74) is 0. The maximum Gasteiger partial charge on any atom is 0.0662 e. The monoisotopic (exact) mass is 187 g/mol. The van der Waals surface area contributed by atoms with Crippen molar-refractivity contribution in [2.75, 3.05) is 13.7 Å². The highest BCUT2D eigenvalue weighted by atomic mass is 16.5. The van der Waals surface area contributed by atoms with Crippen molar-refractivity contribution in [2.24, 2.45) is 0 Å². The molecular weight excluding hydrogens is 166 g/mol. The maximum atomic E-state index is 9.35. The minimum atomic E-state index is -0.193. The zero-order chi connectivity index (χ0) is 9.68. The third kappa shape index (κ3) is 3.63. The molecule has 1 aliphatic rings. The van der Waals surface area contributed by atoms with Crippen molar-refractivity contribution in [3.8, 4) is 0 Å². The van der Waals surface area contributed by atoms with Gasteiger partial charge >= 0.3 is 0 Å². The lowest BCUT2D eigenvalue weighted by Gasteiger charge is -2.15. The molecule has 1 fully saturated rings. The number of rotatable bonds is 5. The smallest absolute Gasteiger partial charge is 0.0662 e. The average molecular weight is 187 g/mol. The molecule has 1 aliphatic carbocycles. The Morgan fingerprint density at radius 1 is 1.54 bits per heavy atom. The second kappa shape index (κ2) is 5.58.